The highest BCUT2D eigenvalue weighted by molar-refractivity contribution is 5.91. The van der Waals surface area contributed by atoms with Gasteiger partial charge in [-0.05, 0) is 17.5 Å². The molecule has 4 rings (SSSR count). The van der Waals surface area contributed by atoms with Gasteiger partial charge in [-0.1, -0.05) is 18.2 Å². The molecule has 0 spiro atoms. The van der Waals surface area contributed by atoms with Gasteiger partial charge in [0.15, 0.2) is 0 Å². The Morgan fingerprint density at radius 3 is 2.92 bits per heavy atom. The van der Waals surface area contributed by atoms with Crippen molar-refractivity contribution in [3.8, 4) is 5.82 Å². The number of carbonyl (C=O) groups is 1. The summed E-state index contributed by atoms with van der Waals surface area (Å²) in [7, 11) is 0. The van der Waals surface area contributed by atoms with Crippen LogP contribution in [-0.4, -0.2) is 30.0 Å². The number of aromatic nitrogens is 5. The average Bonchev–Trinajstić information content (AvgIpc) is 3.26. The first kappa shape index (κ1) is 14.1. The van der Waals surface area contributed by atoms with E-state index in [9.17, 15) is 4.79 Å². The van der Waals surface area contributed by atoms with Gasteiger partial charge in [-0.2, -0.15) is 0 Å². The predicted molar refractivity (Wildman–Crippen MR) is 89.7 cm³/mol. The molecule has 1 N–H and O–H groups in total. The first-order valence-corrected chi connectivity index (χ1v) is 7.44. The summed E-state index contributed by atoms with van der Waals surface area (Å²) in [4.78, 5) is 24.5. The summed E-state index contributed by atoms with van der Waals surface area (Å²) >= 11 is 0. The lowest BCUT2D eigenvalue weighted by molar-refractivity contribution is -0.116. The van der Waals surface area contributed by atoms with Crippen LogP contribution in [0.5, 0.6) is 0 Å². The number of hydrogen-bond donors (Lipinski definition) is 1. The molecule has 0 bridgehead atoms. The number of anilines is 1. The lowest BCUT2D eigenvalue weighted by atomic mass is 10.2. The molecule has 7 heteroatoms. The lowest BCUT2D eigenvalue weighted by Crippen LogP contribution is -2.19. The van der Waals surface area contributed by atoms with Crippen LogP contribution in [-0.2, 0) is 11.3 Å². The Labute approximate surface area is 137 Å². The number of para-hydroxylation sites is 1. The third kappa shape index (κ3) is 2.74. The molecule has 0 radical (unpaired) electrons. The maximum absolute atomic E-state index is 12.3. The fourth-order valence-electron chi connectivity index (χ4n) is 2.57. The molecule has 4 aromatic rings. The van der Waals surface area contributed by atoms with Crippen LogP contribution in [0, 0.1) is 0 Å². The summed E-state index contributed by atoms with van der Waals surface area (Å²) in [6.07, 6.45) is 8.40. The number of benzene rings is 1. The molecule has 7 nitrogen and oxygen atoms in total. The molecule has 118 valence electrons. The monoisotopic (exact) mass is 318 g/mol. The fourth-order valence-corrected chi connectivity index (χ4v) is 2.57. The fraction of sp³-hybridized carbons (Fsp3) is 0.0588. The van der Waals surface area contributed by atoms with Crippen molar-refractivity contribution >= 4 is 22.6 Å². The molecule has 0 saturated heterocycles. The molecule has 1 aromatic carbocycles. The number of hydrogen-bond acceptors (Lipinski definition) is 4. The van der Waals surface area contributed by atoms with Gasteiger partial charge in [0.1, 0.15) is 30.8 Å². The van der Waals surface area contributed by atoms with Crippen molar-refractivity contribution in [2.24, 2.45) is 0 Å². The normalized spacial score (nSPS) is 10.8. The predicted octanol–water partition coefficient (Wildman–Crippen LogP) is 2.26. The van der Waals surface area contributed by atoms with Gasteiger partial charge in [-0.3, -0.25) is 9.36 Å². The van der Waals surface area contributed by atoms with E-state index in [4.69, 9.17) is 0 Å². The van der Waals surface area contributed by atoms with Crippen molar-refractivity contribution in [3.05, 3.63) is 67.6 Å². The van der Waals surface area contributed by atoms with Crippen molar-refractivity contribution < 1.29 is 4.79 Å². The second-order valence-corrected chi connectivity index (χ2v) is 5.28. The molecule has 3 aromatic heterocycles. The standard InChI is InChI=1S/C17H14N6O/c24-17(10-22-7-5-13-3-1-2-4-14(13)22)21-15-9-16(20-11-19-15)23-8-6-18-12-23/h1-9,11-12H,10H2,(H,19,20,21,24). The first-order valence-electron chi connectivity index (χ1n) is 7.44. The SMILES string of the molecule is O=C(Cn1ccc2ccccc21)Nc1cc(-n2ccnc2)ncn1. The number of nitrogens with one attached hydrogen (secondary N) is 1. The van der Waals surface area contributed by atoms with Gasteiger partial charge in [0.25, 0.3) is 0 Å². The molecule has 0 unspecified atom stereocenters. The van der Waals surface area contributed by atoms with Gasteiger partial charge in [-0.25, -0.2) is 15.0 Å². The highest BCUT2D eigenvalue weighted by atomic mass is 16.2. The summed E-state index contributed by atoms with van der Waals surface area (Å²) in [5.74, 6) is 0.950. The van der Waals surface area contributed by atoms with Crippen LogP contribution in [0.15, 0.2) is 67.6 Å². The highest BCUT2D eigenvalue weighted by Gasteiger charge is 2.08. The van der Waals surface area contributed by atoms with Crippen molar-refractivity contribution in [1.82, 2.24) is 24.1 Å². The van der Waals surface area contributed by atoms with E-state index in [1.54, 1.807) is 29.4 Å². The second kappa shape index (κ2) is 5.96. The maximum Gasteiger partial charge on any atom is 0.245 e. The van der Waals surface area contributed by atoms with Crippen LogP contribution < -0.4 is 5.32 Å². The van der Waals surface area contributed by atoms with Crippen molar-refractivity contribution in [2.45, 2.75) is 6.54 Å². The summed E-state index contributed by atoms with van der Waals surface area (Å²) in [6, 6.07) is 11.6. The van der Waals surface area contributed by atoms with E-state index in [2.05, 4.69) is 20.3 Å². The van der Waals surface area contributed by atoms with E-state index in [0.717, 1.165) is 10.9 Å². The molecule has 0 saturated carbocycles. The topological polar surface area (TPSA) is 77.6 Å². The van der Waals surface area contributed by atoms with Crippen LogP contribution in [0.4, 0.5) is 5.82 Å². The Balaban J connectivity index is 1.51. The summed E-state index contributed by atoms with van der Waals surface area (Å²) < 4.78 is 3.65. The molecule has 0 atom stereocenters. The minimum atomic E-state index is -0.147. The van der Waals surface area contributed by atoms with Gasteiger partial charge in [0, 0.05) is 30.2 Å². The number of fused-ring (bicyclic) bond motifs is 1. The zero-order valence-corrected chi connectivity index (χ0v) is 12.7. The first-order chi connectivity index (χ1) is 11.8. The summed E-state index contributed by atoms with van der Waals surface area (Å²) in [5.41, 5.74) is 1.02. The average molecular weight is 318 g/mol. The molecule has 0 aliphatic carbocycles. The number of amides is 1. The Morgan fingerprint density at radius 1 is 1.12 bits per heavy atom. The van der Waals surface area contributed by atoms with E-state index in [1.165, 1.54) is 6.33 Å². The quantitative estimate of drug-likeness (QED) is 0.626. The largest absolute Gasteiger partial charge is 0.338 e. The smallest absolute Gasteiger partial charge is 0.245 e. The van der Waals surface area contributed by atoms with Crippen LogP contribution in [0.25, 0.3) is 16.7 Å². The summed E-state index contributed by atoms with van der Waals surface area (Å²) in [6.45, 7) is 0.220. The van der Waals surface area contributed by atoms with E-state index in [1.807, 2.05) is 41.1 Å². The second-order valence-electron chi connectivity index (χ2n) is 5.28. The molecule has 0 aliphatic rings. The number of carbonyl (C=O) groups excluding carboxylic acids is 1. The van der Waals surface area contributed by atoms with Crippen molar-refractivity contribution in [1.29, 1.82) is 0 Å². The Bertz CT molecular complexity index is 989. The molecule has 0 aliphatic heterocycles. The van der Waals surface area contributed by atoms with Crippen LogP contribution >= 0.6 is 0 Å². The minimum Gasteiger partial charge on any atom is -0.338 e. The van der Waals surface area contributed by atoms with Gasteiger partial charge in [0.05, 0.1) is 0 Å². The van der Waals surface area contributed by atoms with Crippen molar-refractivity contribution in [3.63, 3.8) is 0 Å². The molecule has 1 amide bonds. The Morgan fingerprint density at radius 2 is 2.04 bits per heavy atom. The van der Waals surface area contributed by atoms with Gasteiger partial charge >= 0.3 is 0 Å². The van der Waals surface area contributed by atoms with E-state index in [0.29, 0.717) is 11.6 Å². The number of imidazole rings is 1. The van der Waals surface area contributed by atoms with Crippen molar-refractivity contribution in [2.75, 3.05) is 5.32 Å². The molecular weight excluding hydrogens is 304 g/mol. The minimum absolute atomic E-state index is 0.147. The third-order valence-electron chi connectivity index (χ3n) is 3.68. The maximum atomic E-state index is 12.3. The van der Waals surface area contributed by atoms with Gasteiger partial charge < -0.3 is 9.88 Å². The number of rotatable bonds is 4. The number of nitrogens with zero attached hydrogens (tertiary/aromatic N) is 5. The molecule has 24 heavy (non-hydrogen) atoms. The van der Waals surface area contributed by atoms with Crippen LogP contribution in [0.1, 0.15) is 0 Å². The molecule has 3 heterocycles. The van der Waals surface area contributed by atoms with Crippen LogP contribution in [0.2, 0.25) is 0 Å². The Kier molecular flexibility index (Phi) is 3.51. The zero-order chi connectivity index (χ0) is 16.4. The Hall–Kier alpha value is -3.48. The third-order valence-corrected chi connectivity index (χ3v) is 3.68. The zero-order valence-electron chi connectivity index (χ0n) is 12.7. The van der Waals surface area contributed by atoms with E-state index in [-0.39, 0.29) is 12.5 Å². The molecule has 0 fully saturated rings. The molecular formula is C17H14N6O. The highest BCUT2D eigenvalue weighted by Crippen LogP contribution is 2.15. The lowest BCUT2D eigenvalue weighted by Gasteiger charge is -2.08. The van der Waals surface area contributed by atoms with Gasteiger partial charge in [0.2, 0.25) is 5.91 Å². The van der Waals surface area contributed by atoms with E-state index >= 15 is 0 Å². The summed E-state index contributed by atoms with van der Waals surface area (Å²) in [5, 5.41) is 3.91. The van der Waals surface area contributed by atoms with Crippen LogP contribution in [0.3, 0.4) is 0 Å². The van der Waals surface area contributed by atoms with Gasteiger partial charge in [-0.15, -0.1) is 0 Å². The van der Waals surface area contributed by atoms with E-state index < -0.39 is 0 Å².